The maximum atomic E-state index is 5.75. The fourth-order valence-corrected chi connectivity index (χ4v) is 2.73. The summed E-state index contributed by atoms with van der Waals surface area (Å²) in [6.45, 7) is 1.73. The minimum Gasteiger partial charge on any atom is -0.496 e. The summed E-state index contributed by atoms with van der Waals surface area (Å²) in [5, 5.41) is 3.34. The van der Waals surface area contributed by atoms with E-state index < -0.39 is 0 Å². The van der Waals surface area contributed by atoms with Crippen molar-refractivity contribution in [2.75, 3.05) is 48.6 Å². The van der Waals surface area contributed by atoms with E-state index in [0.29, 0.717) is 36.9 Å². The monoisotopic (exact) mass is 387 g/mol. The molecular weight excluding hydrogens is 358 g/mol. The number of hydrogen-bond donors (Lipinski definition) is 1. The van der Waals surface area contributed by atoms with Crippen LogP contribution in [0.3, 0.4) is 0 Å². The molecule has 0 saturated heterocycles. The highest BCUT2D eigenvalue weighted by atomic mass is 16.5. The normalized spacial score (nSPS) is 11.0. The number of aliphatic imine (C=N–C) groups is 1. The highest BCUT2D eigenvalue weighted by molar-refractivity contribution is 5.79. The van der Waals surface area contributed by atoms with E-state index in [1.807, 2.05) is 54.4 Å². The third-order valence-corrected chi connectivity index (χ3v) is 4.25. The Morgan fingerprint density at radius 3 is 2.14 bits per heavy atom. The molecule has 2 aromatic carbocycles. The first kappa shape index (κ1) is 21.2. The van der Waals surface area contributed by atoms with Crippen LogP contribution in [0.5, 0.6) is 23.0 Å². The number of nitrogens with one attached hydrogen (secondary N) is 1. The van der Waals surface area contributed by atoms with E-state index >= 15 is 0 Å². The summed E-state index contributed by atoms with van der Waals surface area (Å²) in [4.78, 5) is 6.35. The van der Waals surface area contributed by atoms with Crippen molar-refractivity contribution in [2.24, 2.45) is 4.99 Å². The van der Waals surface area contributed by atoms with Crippen molar-refractivity contribution in [1.29, 1.82) is 0 Å². The number of likely N-dealkylation sites (N-methyl/N-ethyl adjacent to an activating group) is 1. The van der Waals surface area contributed by atoms with Gasteiger partial charge in [0.2, 0.25) is 0 Å². The van der Waals surface area contributed by atoms with E-state index in [4.69, 9.17) is 18.9 Å². The van der Waals surface area contributed by atoms with Crippen LogP contribution in [0.25, 0.3) is 0 Å². The molecule has 2 aromatic rings. The van der Waals surface area contributed by atoms with E-state index in [1.165, 1.54) is 0 Å². The van der Waals surface area contributed by atoms with Gasteiger partial charge in [-0.2, -0.15) is 0 Å². The van der Waals surface area contributed by atoms with Crippen LogP contribution in [0.4, 0.5) is 0 Å². The van der Waals surface area contributed by atoms with Gasteiger partial charge in [-0.25, -0.2) is 0 Å². The summed E-state index contributed by atoms with van der Waals surface area (Å²) in [6, 6.07) is 13.4. The summed E-state index contributed by atoms with van der Waals surface area (Å²) in [6.07, 6.45) is 0. The molecule has 28 heavy (non-hydrogen) atoms. The van der Waals surface area contributed by atoms with Crippen molar-refractivity contribution in [3.05, 3.63) is 48.0 Å². The van der Waals surface area contributed by atoms with E-state index in [-0.39, 0.29) is 0 Å². The Morgan fingerprint density at radius 2 is 1.61 bits per heavy atom. The smallest absolute Gasteiger partial charge is 0.193 e. The van der Waals surface area contributed by atoms with Crippen molar-refractivity contribution in [3.8, 4) is 23.0 Å². The number of ether oxygens (including phenoxy) is 4. The number of para-hydroxylation sites is 1. The van der Waals surface area contributed by atoms with Gasteiger partial charge < -0.3 is 29.2 Å². The molecule has 0 fully saturated rings. The molecule has 1 N–H and O–H groups in total. The number of nitrogens with zero attached hydrogens (tertiary/aromatic N) is 2. The molecule has 7 nitrogen and oxygen atoms in total. The van der Waals surface area contributed by atoms with Gasteiger partial charge in [-0.3, -0.25) is 4.99 Å². The molecule has 0 unspecified atom stereocenters. The third kappa shape index (κ3) is 5.70. The topological polar surface area (TPSA) is 64.6 Å². The molecule has 0 aliphatic heterocycles. The lowest BCUT2D eigenvalue weighted by Gasteiger charge is -2.23. The van der Waals surface area contributed by atoms with Gasteiger partial charge in [0.1, 0.15) is 29.6 Å². The maximum absolute atomic E-state index is 5.75. The first-order valence-electron chi connectivity index (χ1n) is 9.01. The lowest BCUT2D eigenvalue weighted by molar-refractivity contribution is 0.281. The van der Waals surface area contributed by atoms with Crippen LogP contribution in [0.1, 0.15) is 5.56 Å². The van der Waals surface area contributed by atoms with Crippen molar-refractivity contribution >= 4 is 5.96 Å². The molecule has 7 heteroatoms. The number of guanidine groups is 1. The molecule has 0 aliphatic carbocycles. The molecule has 0 saturated carbocycles. The summed E-state index contributed by atoms with van der Waals surface area (Å²) in [5.41, 5.74) is 0.890. The molecule has 152 valence electrons. The van der Waals surface area contributed by atoms with Gasteiger partial charge in [0, 0.05) is 26.2 Å². The summed E-state index contributed by atoms with van der Waals surface area (Å²) >= 11 is 0. The van der Waals surface area contributed by atoms with E-state index in [0.717, 1.165) is 17.3 Å². The van der Waals surface area contributed by atoms with Gasteiger partial charge in [-0.15, -0.1) is 0 Å². The van der Waals surface area contributed by atoms with Crippen LogP contribution in [0, 0.1) is 0 Å². The Kier molecular flexibility index (Phi) is 8.27. The number of benzene rings is 2. The van der Waals surface area contributed by atoms with Crippen LogP contribution in [0.2, 0.25) is 0 Å². The molecule has 0 atom stereocenters. The Bertz CT molecular complexity index is 740. The Morgan fingerprint density at radius 1 is 0.964 bits per heavy atom. The van der Waals surface area contributed by atoms with Crippen molar-refractivity contribution in [3.63, 3.8) is 0 Å². The SMILES string of the molecule is CN=C(NCc1c(OC)cc(OC)cc1OC)N(C)CCOc1ccccc1. The summed E-state index contributed by atoms with van der Waals surface area (Å²) < 4.78 is 22.0. The van der Waals surface area contributed by atoms with Crippen LogP contribution < -0.4 is 24.3 Å². The molecule has 0 aliphatic rings. The predicted octanol–water partition coefficient (Wildman–Crippen LogP) is 2.80. The quantitative estimate of drug-likeness (QED) is 0.527. The van der Waals surface area contributed by atoms with Crippen molar-refractivity contribution in [1.82, 2.24) is 10.2 Å². The first-order valence-corrected chi connectivity index (χ1v) is 9.01. The first-order chi connectivity index (χ1) is 13.6. The molecule has 0 spiro atoms. The second-order valence-corrected chi connectivity index (χ2v) is 5.99. The second kappa shape index (κ2) is 10.9. The lowest BCUT2D eigenvalue weighted by atomic mass is 10.1. The van der Waals surface area contributed by atoms with E-state index in [9.17, 15) is 0 Å². The van der Waals surface area contributed by atoms with Crippen LogP contribution in [-0.4, -0.2) is 59.4 Å². The zero-order valence-corrected chi connectivity index (χ0v) is 17.2. The fourth-order valence-electron chi connectivity index (χ4n) is 2.73. The Hall–Kier alpha value is -3.09. The zero-order chi connectivity index (χ0) is 20.4. The van der Waals surface area contributed by atoms with Crippen molar-refractivity contribution < 1.29 is 18.9 Å². The minimum absolute atomic E-state index is 0.493. The standard InChI is InChI=1S/C21H29N3O4/c1-22-21(24(2)11-12-28-16-9-7-6-8-10-16)23-15-18-19(26-4)13-17(25-3)14-20(18)27-5/h6-10,13-14H,11-12,15H2,1-5H3,(H,22,23). The molecule has 2 rings (SSSR count). The molecule has 0 aromatic heterocycles. The predicted molar refractivity (Wildman–Crippen MR) is 111 cm³/mol. The second-order valence-electron chi connectivity index (χ2n) is 5.99. The van der Waals surface area contributed by atoms with Gasteiger partial charge >= 0.3 is 0 Å². The van der Waals surface area contributed by atoms with Gasteiger partial charge in [-0.1, -0.05) is 18.2 Å². The minimum atomic E-state index is 0.493. The lowest BCUT2D eigenvalue weighted by Crippen LogP contribution is -2.40. The zero-order valence-electron chi connectivity index (χ0n) is 17.2. The third-order valence-electron chi connectivity index (χ3n) is 4.25. The fraction of sp³-hybridized carbons (Fsp3) is 0.381. The average molecular weight is 387 g/mol. The van der Waals surface area contributed by atoms with Crippen LogP contribution >= 0.6 is 0 Å². The number of methoxy groups -OCH3 is 3. The summed E-state index contributed by atoms with van der Waals surface area (Å²) in [7, 11) is 8.57. The molecular formula is C21H29N3O4. The molecule has 0 bridgehead atoms. The molecule has 0 radical (unpaired) electrons. The largest absolute Gasteiger partial charge is 0.496 e. The van der Waals surface area contributed by atoms with E-state index in [2.05, 4.69) is 10.3 Å². The number of hydrogen-bond acceptors (Lipinski definition) is 5. The van der Waals surface area contributed by atoms with Gasteiger partial charge in [0.15, 0.2) is 5.96 Å². The van der Waals surface area contributed by atoms with Crippen LogP contribution in [0.15, 0.2) is 47.5 Å². The van der Waals surface area contributed by atoms with Gasteiger partial charge in [0.25, 0.3) is 0 Å². The van der Waals surface area contributed by atoms with Crippen molar-refractivity contribution in [2.45, 2.75) is 6.54 Å². The summed E-state index contributed by atoms with van der Waals surface area (Å²) in [5.74, 6) is 3.66. The Labute approximate surface area is 166 Å². The van der Waals surface area contributed by atoms with Gasteiger partial charge in [-0.05, 0) is 12.1 Å². The van der Waals surface area contributed by atoms with Crippen LogP contribution in [-0.2, 0) is 6.54 Å². The highest BCUT2D eigenvalue weighted by Crippen LogP contribution is 2.33. The Balaban J connectivity index is 1.97. The molecule has 0 amide bonds. The van der Waals surface area contributed by atoms with E-state index in [1.54, 1.807) is 28.4 Å². The number of rotatable bonds is 9. The average Bonchev–Trinajstić information content (AvgIpc) is 2.74. The van der Waals surface area contributed by atoms with Gasteiger partial charge in [0.05, 0.1) is 40.0 Å². The maximum Gasteiger partial charge on any atom is 0.193 e. The highest BCUT2D eigenvalue weighted by Gasteiger charge is 2.15. The molecule has 0 heterocycles.